The van der Waals surface area contributed by atoms with Crippen molar-refractivity contribution in [1.29, 1.82) is 0 Å². The second-order valence-corrected chi connectivity index (χ2v) is 4.55. The number of hydrogen-bond acceptors (Lipinski definition) is 3. The van der Waals surface area contributed by atoms with E-state index in [0.29, 0.717) is 18.0 Å². The van der Waals surface area contributed by atoms with E-state index in [1.165, 1.54) is 0 Å². The zero-order chi connectivity index (χ0) is 13.9. The van der Waals surface area contributed by atoms with Gasteiger partial charge in [0.2, 0.25) is 5.88 Å². The van der Waals surface area contributed by atoms with Crippen molar-refractivity contribution in [3.8, 4) is 5.88 Å². The van der Waals surface area contributed by atoms with E-state index < -0.39 is 0 Å². The Bertz CT molecular complexity index is 762. The topological polar surface area (TPSA) is 44.1 Å². The smallest absolute Gasteiger partial charge is 0.218 e. The third-order valence-electron chi connectivity index (χ3n) is 3.32. The van der Waals surface area contributed by atoms with Crippen molar-refractivity contribution in [2.75, 3.05) is 7.11 Å². The van der Waals surface area contributed by atoms with E-state index in [4.69, 9.17) is 4.74 Å². The molecule has 2 aromatic heterocycles. The van der Waals surface area contributed by atoms with E-state index in [1.807, 2.05) is 42.6 Å². The highest BCUT2D eigenvalue weighted by molar-refractivity contribution is 5.87. The Morgan fingerprint density at radius 3 is 3.00 bits per heavy atom. The van der Waals surface area contributed by atoms with Crippen LogP contribution in [0.4, 0.5) is 0 Å². The van der Waals surface area contributed by atoms with Crippen molar-refractivity contribution in [2.24, 2.45) is 0 Å². The summed E-state index contributed by atoms with van der Waals surface area (Å²) in [4.78, 5) is 15.0. The van der Waals surface area contributed by atoms with E-state index >= 15 is 0 Å². The van der Waals surface area contributed by atoms with Crippen molar-refractivity contribution in [3.05, 3.63) is 59.9 Å². The molecule has 0 spiro atoms. The quantitative estimate of drug-likeness (QED) is 0.682. The molecule has 3 rings (SSSR count). The number of nitrogens with zero attached hydrogens (tertiary/aromatic N) is 2. The number of pyridine rings is 1. The molecule has 0 aliphatic heterocycles. The predicted octanol–water partition coefficient (Wildman–Crippen LogP) is 2.91. The number of methoxy groups -OCH3 is 1. The van der Waals surface area contributed by atoms with Crippen molar-refractivity contribution in [1.82, 2.24) is 9.55 Å². The van der Waals surface area contributed by atoms with Crippen LogP contribution in [0.2, 0.25) is 0 Å². The number of aldehydes is 1. The molecular formula is C16H14N2O2. The lowest BCUT2D eigenvalue weighted by Crippen LogP contribution is -2.01. The van der Waals surface area contributed by atoms with Crippen LogP contribution in [0.15, 0.2) is 48.8 Å². The van der Waals surface area contributed by atoms with Crippen molar-refractivity contribution in [2.45, 2.75) is 6.54 Å². The van der Waals surface area contributed by atoms with Gasteiger partial charge in [-0.2, -0.15) is 0 Å². The number of ether oxygens (including phenoxy) is 1. The summed E-state index contributed by atoms with van der Waals surface area (Å²) in [5, 5.41) is 1.05. The minimum atomic E-state index is 0.638. The fraction of sp³-hybridized carbons (Fsp3) is 0.125. The Morgan fingerprint density at radius 1 is 1.30 bits per heavy atom. The van der Waals surface area contributed by atoms with Crippen molar-refractivity contribution in [3.63, 3.8) is 0 Å². The fourth-order valence-electron chi connectivity index (χ4n) is 2.34. The lowest BCUT2D eigenvalue weighted by molar-refractivity contribution is 0.112. The van der Waals surface area contributed by atoms with Crippen LogP contribution >= 0.6 is 0 Å². The van der Waals surface area contributed by atoms with E-state index in [0.717, 1.165) is 22.8 Å². The summed E-state index contributed by atoms with van der Waals surface area (Å²) in [5.74, 6) is 0.638. The van der Waals surface area contributed by atoms with Gasteiger partial charge in [-0.25, -0.2) is 4.98 Å². The molecule has 100 valence electrons. The molecule has 0 bridgehead atoms. The maximum Gasteiger partial charge on any atom is 0.218 e. The van der Waals surface area contributed by atoms with Crippen LogP contribution in [-0.2, 0) is 6.54 Å². The summed E-state index contributed by atoms with van der Waals surface area (Å²) in [6.07, 6.45) is 4.58. The summed E-state index contributed by atoms with van der Waals surface area (Å²) in [7, 11) is 1.62. The Morgan fingerprint density at radius 2 is 2.20 bits per heavy atom. The summed E-state index contributed by atoms with van der Waals surface area (Å²) >= 11 is 0. The maximum absolute atomic E-state index is 10.8. The monoisotopic (exact) mass is 266 g/mol. The highest BCUT2D eigenvalue weighted by Crippen LogP contribution is 2.21. The van der Waals surface area contributed by atoms with Crippen LogP contribution in [0, 0.1) is 0 Å². The summed E-state index contributed by atoms with van der Waals surface area (Å²) in [6, 6.07) is 11.6. The molecule has 0 unspecified atom stereocenters. The standard InChI is InChI=1S/C16H14N2O2/c1-20-16-14(3-2-7-17-16)10-18-8-6-13-9-12(11-19)4-5-15(13)18/h2-9,11H,10H2,1H3. The number of benzene rings is 1. The molecule has 0 saturated carbocycles. The molecule has 0 fully saturated rings. The molecule has 0 amide bonds. The molecule has 1 aromatic carbocycles. The zero-order valence-electron chi connectivity index (χ0n) is 11.1. The van der Waals surface area contributed by atoms with Crippen LogP contribution in [0.5, 0.6) is 5.88 Å². The summed E-state index contributed by atoms with van der Waals surface area (Å²) in [5.41, 5.74) is 2.79. The Hall–Kier alpha value is -2.62. The second-order valence-electron chi connectivity index (χ2n) is 4.55. The van der Waals surface area contributed by atoms with Gasteiger partial charge >= 0.3 is 0 Å². The molecule has 0 saturated heterocycles. The SMILES string of the molecule is COc1ncccc1Cn1ccc2cc(C=O)ccc21. The number of carbonyl (C=O) groups is 1. The van der Waals surface area contributed by atoms with Gasteiger partial charge in [0.25, 0.3) is 0 Å². The Balaban J connectivity index is 2.01. The highest BCUT2D eigenvalue weighted by atomic mass is 16.5. The van der Waals surface area contributed by atoms with Crippen LogP contribution in [-0.4, -0.2) is 22.9 Å². The third kappa shape index (κ3) is 2.16. The number of fused-ring (bicyclic) bond motifs is 1. The number of carbonyl (C=O) groups excluding carboxylic acids is 1. The van der Waals surface area contributed by atoms with Gasteiger partial charge in [-0.05, 0) is 30.3 Å². The van der Waals surface area contributed by atoms with Gasteiger partial charge in [0.15, 0.2) is 0 Å². The first-order valence-corrected chi connectivity index (χ1v) is 6.34. The first-order valence-electron chi connectivity index (χ1n) is 6.34. The molecule has 20 heavy (non-hydrogen) atoms. The van der Waals surface area contributed by atoms with Gasteiger partial charge in [0, 0.05) is 34.4 Å². The lowest BCUT2D eigenvalue weighted by atomic mass is 10.2. The normalized spacial score (nSPS) is 10.7. The van der Waals surface area contributed by atoms with E-state index in [9.17, 15) is 4.79 Å². The molecule has 0 atom stereocenters. The van der Waals surface area contributed by atoms with Crippen LogP contribution in [0.1, 0.15) is 15.9 Å². The van der Waals surface area contributed by atoms with Gasteiger partial charge < -0.3 is 9.30 Å². The van der Waals surface area contributed by atoms with E-state index in [-0.39, 0.29) is 0 Å². The first kappa shape index (κ1) is 12.4. The number of rotatable bonds is 4. The largest absolute Gasteiger partial charge is 0.481 e. The number of hydrogen-bond donors (Lipinski definition) is 0. The molecule has 4 heteroatoms. The second kappa shape index (κ2) is 5.17. The fourth-order valence-corrected chi connectivity index (χ4v) is 2.34. The highest BCUT2D eigenvalue weighted by Gasteiger charge is 2.07. The minimum absolute atomic E-state index is 0.638. The van der Waals surface area contributed by atoms with Gasteiger partial charge in [-0.3, -0.25) is 4.79 Å². The molecule has 0 aliphatic carbocycles. The molecule has 2 heterocycles. The molecule has 0 radical (unpaired) electrons. The Kier molecular flexibility index (Phi) is 3.21. The molecule has 0 aliphatic rings. The number of aromatic nitrogens is 2. The zero-order valence-corrected chi connectivity index (χ0v) is 11.1. The molecule has 4 nitrogen and oxygen atoms in total. The van der Waals surface area contributed by atoms with Crippen LogP contribution in [0.25, 0.3) is 10.9 Å². The molecular weight excluding hydrogens is 252 g/mol. The van der Waals surface area contributed by atoms with Gasteiger partial charge in [0.1, 0.15) is 6.29 Å². The summed E-state index contributed by atoms with van der Waals surface area (Å²) in [6.45, 7) is 0.681. The Labute approximate surface area is 116 Å². The third-order valence-corrected chi connectivity index (χ3v) is 3.32. The molecule has 0 N–H and O–H groups in total. The van der Waals surface area contributed by atoms with Crippen LogP contribution < -0.4 is 4.74 Å². The van der Waals surface area contributed by atoms with Gasteiger partial charge in [-0.15, -0.1) is 0 Å². The molecule has 3 aromatic rings. The van der Waals surface area contributed by atoms with E-state index in [1.54, 1.807) is 13.3 Å². The average Bonchev–Trinajstić information content (AvgIpc) is 2.90. The van der Waals surface area contributed by atoms with E-state index in [2.05, 4.69) is 9.55 Å². The van der Waals surface area contributed by atoms with Crippen molar-refractivity contribution >= 4 is 17.2 Å². The summed E-state index contributed by atoms with van der Waals surface area (Å²) < 4.78 is 7.39. The lowest BCUT2D eigenvalue weighted by Gasteiger charge is -2.09. The minimum Gasteiger partial charge on any atom is -0.481 e. The average molecular weight is 266 g/mol. The first-order chi connectivity index (χ1) is 9.81. The van der Waals surface area contributed by atoms with Gasteiger partial charge in [0.05, 0.1) is 13.7 Å². The van der Waals surface area contributed by atoms with Crippen molar-refractivity contribution < 1.29 is 9.53 Å². The van der Waals surface area contributed by atoms with Gasteiger partial charge in [-0.1, -0.05) is 6.07 Å². The predicted molar refractivity (Wildman–Crippen MR) is 77.2 cm³/mol. The van der Waals surface area contributed by atoms with Crippen LogP contribution in [0.3, 0.4) is 0 Å². The maximum atomic E-state index is 10.8.